The quantitative estimate of drug-likeness (QED) is 0.108. The largest absolute Gasteiger partial charge is 0.497 e. The lowest BCUT2D eigenvalue weighted by Gasteiger charge is -2.37. The second-order valence-electron chi connectivity index (χ2n) is 11.7. The van der Waals surface area contributed by atoms with E-state index in [1.54, 1.807) is 12.0 Å². The highest BCUT2D eigenvalue weighted by molar-refractivity contribution is 7.16. The van der Waals surface area contributed by atoms with E-state index in [9.17, 15) is 9.59 Å². The zero-order valence-electron chi connectivity index (χ0n) is 24.5. The molecule has 2 aromatic carbocycles. The van der Waals surface area contributed by atoms with Gasteiger partial charge in [-0.25, -0.2) is 9.46 Å². The molecule has 7 nitrogen and oxygen atoms in total. The number of amides is 3. The predicted octanol–water partition coefficient (Wildman–Crippen LogP) is 7.48. The van der Waals surface area contributed by atoms with E-state index >= 15 is 0 Å². The molecule has 0 saturated carbocycles. The second-order valence-corrected chi connectivity index (χ2v) is 17.0. The number of nitrogens with zero attached hydrogens (tertiary/aromatic N) is 2. The van der Waals surface area contributed by atoms with Gasteiger partial charge < -0.3 is 13.9 Å². The molecule has 214 valence electrons. The van der Waals surface area contributed by atoms with Crippen molar-refractivity contribution in [3.8, 4) is 5.75 Å². The third-order valence-electron chi connectivity index (χ3n) is 7.88. The molecule has 0 spiro atoms. The highest BCUT2D eigenvalue weighted by Gasteiger charge is 2.46. The molecule has 2 unspecified atom stereocenters. The van der Waals surface area contributed by atoms with Crippen LogP contribution in [0.3, 0.4) is 0 Å². The Labute approximate surface area is 237 Å². The zero-order chi connectivity index (χ0) is 28.8. The van der Waals surface area contributed by atoms with Gasteiger partial charge in [0, 0.05) is 5.69 Å². The summed E-state index contributed by atoms with van der Waals surface area (Å²) < 4.78 is 19.1. The van der Waals surface area contributed by atoms with Crippen LogP contribution in [-0.4, -0.2) is 44.7 Å². The molecular formula is C30H45N2O5PSi. The lowest BCUT2D eigenvalue weighted by atomic mass is 10.0. The molecule has 9 heteroatoms. The molecule has 3 rings (SSSR count). The summed E-state index contributed by atoms with van der Waals surface area (Å²) in [4.78, 5) is 27.6. The summed E-state index contributed by atoms with van der Waals surface area (Å²) in [5.74, 6) is 0.550. The smallest absolute Gasteiger partial charge is 0.334 e. The molecule has 0 aliphatic carbocycles. The van der Waals surface area contributed by atoms with Gasteiger partial charge in [-0.15, -0.1) is 0 Å². The van der Waals surface area contributed by atoms with Crippen LogP contribution in [0, 0.1) is 0 Å². The standard InChI is InChI=1S/C30H45N2O5PSi/c1-8-9-10-11-27(36-20-22-12-18-25(35-5)19-13-22)23-14-16-24(17-15-23)31-26(28(33)32(38)29(31)34)21-37-39(6,7)30(2,3)4/h12-19,26-27H,8-11,20-21,38H2,1-7H3/t26-,27?/m0/s1. The van der Waals surface area contributed by atoms with Gasteiger partial charge in [-0.1, -0.05) is 71.2 Å². The lowest BCUT2D eigenvalue weighted by Crippen LogP contribution is -2.46. The van der Waals surface area contributed by atoms with Gasteiger partial charge in [0.1, 0.15) is 11.8 Å². The average molecular weight is 573 g/mol. The molecule has 1 fully saturated rings. The van der Waals surface area contributed by atoms with Gasteiger partial charge in [0.2, 0.25) is 0 Å². The van der Waals surface area contributed by atoms with Gasteiger partial charge in [0.15, 0.2) is 8.32 Å². The van der Waals surface area contributed by atoms with E-state index < -0.39 is 14.4 Å². The first kappa shape index (κ1) is 31.3. The van der Waals surface area contributed by atoms with Gasteiger partial charge in [-0.3, -0.25) is 9.69 Å². The monoisotopic (exact) mass is 572 g/mol. The lowest BCUT2D eigenvalue weighted by molar-refractivity contribution is -0.124. The third kappa shape index (κ3) is 7.69. The maximum Gasteiger partial charge on any atom is 0.334 e. The molecule has 1 aliphatic heterocycles. The molecule has 2 aromatic rings. The van der Waals surface area contributed by atoms with E-state index in [0.29, 0.717) is 12.3 Å². The van der Waals surface area contributed by atoms with Crippen LogP contribution >= 0.6 is 9.39 Å². The summed E-state index contributed by atoms with van der Waals surface area (Å²) in [5.41, 5.74) is 2.81. The van der Waals surface area contributed by atoms with E-state index in [0.717, 1.165) is 47.2 Å². The van der Waals surface area contributed by atoms with Gasteiger partial charge in [-0.05, 0) is 69.3 Å². The number of methoxy groups -OCH3 is 1. The van der Waals surface area contributed by atoms with Crippen molar-refractivity contribution in [1.82, 2.24) is 4.67 Å². The molecule has 0 radical (unpaired) electrons. The van der Waals surface area contributed by atoms with E-state index in [1.165, 1.54) is 0 Å². The Morgan fingerprint density at radius 2 is 1.64 bits per heavy atom. The fourth-order valence-corrected chi connectivity index (χ4v) is 5.55. The van der Waals surface area contributed by atoms with Crippen LogP contribution in [0.4, 0.5) is 10.5 Å². The zero-order valence-corrected chi connectivity index (χ0v) is 26.7. The predicted molar refractivity (Wildman–Crippen MR) is 162 cm³/mol. The summed E-state index contributed by atoms with van der Waals surface area (Å²) in [6.45, 7) is 13.6. The summed E-state index contributed by atoms with van der Waals surface area (Å²) in [5, 5.41) is 0.00436. The van der Waals surface area contributed by atoms with Crippen molar-refractivity contribution in [2.24, 2.45) is 0 Å². The first-order valence-electron chi connectivity index (χ1n) is 13.8. The summed E-state index contributed by atoms with van der Waals surface area (Å²) >= 11 is 0. The Morgan fingerprint density at radius 3 is 2.21 bits per heavy atom. The van der Waals surface area contributed by atoms with Crippen molar-refractivity contribution >= 4 is 35.3 Å². The van der Waals surface area contributed by atoms with Crippen molar-refractivity contribution in [2.75, 3.05) is 18.6 Å². The van der Waals surface area contributed by atoms with E-state index in [4.69, 9.17) is 13.9 Å². The minimum Gasteiger partial charge on any atom is -0.497 e. The van der Waals surface area contributed by atoms with Crippen molar-refractivity contribution in [3.63, 3.8) is 0 Å². The average Bonchev–Trinajstić information content (AvgIpc) is 3.12. The number of carbonyl (C=O) groups excluding carboxylic acids is 2. The first-order chi connectivity index (χ1) is 18.4. The maximum atomic E-state index is 13.1. The first-order valence-corrected chi connectivity index (χ1v) is 17.2. The van der Waals surface area contributed by atoms with Gasteiger partial charge in [0.25, 0.3) is 5.91 Å². The van der Waals surface area contributed by atoms with E-state index in [2.05, 4.69) is 50.2 Å². The molecule has 0 N–H and O–H groups in total. The van der Waals surface area contributed by atoms with Crippen LogP contribution in [0.15, 0.2) is 48.5 Å². The van der Waals surface area contributed by atoms with E-state index in [-0.39, 0.29) is 29.7 Å². The molecule has 1 heterocycles. The van der Waals surface area contributed by atoms with Crippen molar-refractivity contribution in [1.29, 1.82) is 0 Å². The highest BCUT2D eigenvalue weighted by Crippen LogP contribution is 2.38. The highest BCUT2D eigenvalue weighted by atomic mass is 31.0. The SMILES string of the molecule is CCCCCC(OCc1ccc(OC)cc1)c1ccc(N2C(=O)N(P)C(=O)[C@@H]2CO[Si](C)(C)C(C)(C)C)cc1. The summed E-state index contributed by atoms with van der Waals surface area (Å²) in [6, 6.07) is 14.7. The number of ether oxygens (including phenoxy) is 2. The molecule has 3 amide bonds. The van der Waals surface area contributed by atoms with Crippen molar-refractivity contribution in [3.05, 3.63) is 59.7 Å². The van der Waals surface area contributed by atoms with Crippen LogP contribution in [0.1, 0.15) is 70.6 Å². The number of anilines is 1. The Morgan fingerprint density at radius 1 is 1.00 bits per heavy atom. The number of benzene rings is 2. The normalized spacial score (nSPS) is 17.2. The van der Waals surface area contributed by atoms with Gasteiger partial charge in [-0.2, -0.15) is 0 Å². The topological polar surface area (TPSA) is 68.3 Å². The van der Waals surface area contributed by atoms with E-state index in [1.807, 2.05) is 48.5 Å². The minimum atomic E-state index is -2.10. The number of rotatable bonds is 13. The number of hydrogen-bond acceptors (Lipinski definition) is 5. The Hall–Kier alpha value is -2.25. The van der Waals surface area contributed by atoms with Crippen LogP contribution < -0.4 is 9.64 Å². The molecule has 3 atom stereocenters. The fourth-order valence-electron chi connectivity index (χ4n) is 4.25. The molecular weight excluding hydrogens is 527 g/mol. The third-order valence-corrected chi connectivity index (χ3v) is 12.9. The van der Waals surface area contributed by atoms with Crippen LogP contribution in [0.2, 0.25) is 18.1 Å². The maximum absolute atomic E-state index is 13.1. The second kappa shape index (κ2) is 13.4. The summed E-state index contributed by atoms with van der Waals surface area (Å²) in [7, 11) is 1.81. The van der Waals surface area contributed by atoms with Crippen LogP contribution in [0.25, 0.3) is 0 Å². The number of imide groups is 1. The van der Waals surface area contributed by atoms with Crippen molar-refractivity contribution in [2.45, 2.75) is 90.3 Å². The van der Waals surface area contributed by atoms with Gasteiger partial charge >= 0.3 is 6.03 Å². The summed E-state index contributed by atoms with van der Waals surface area (Å²) in [6.07, 6.45) is 4.19. The van der Waals surface area contributed by atoms with Crippen LogP contribution in [0.5, 0.6) is 5.75 Å². The fraction of sp³-hybridized carbons (Fsp3) is 0.533. The number of urea groups is 1. The van der Waals surface area contributed by atoms with Crippen molar-refractivity contribution < 1.29 is 23.5 Å². The Kier molecular flexibility index (Phi) is 10.7. The number of hydrogen-bond donors (Lipinski definition) is 0. The minimum absolute atomic E-state index is 0.00436. The Balaban J connectivity index is 1.78. The Bertz CT molecular complexity index is 1100. The van der Waals surface area contributed by atoms with Gasteiger partial charge in [0.05, 0.1) is 26.4 Å². The molecule has 1 aliphatic rings. The molecule has 1 saturated heterocycles. The van der Waals surface area contributed by atoms with Crippen LogP contribution in [-0.2, 0) is 20.6 Å². The molecule has 0 bridgehead atoms. The molecule has 39 heavy (non-hydrogen) atoms. The molecule has 0 aromatic heterocycles. The number of unbranched alkanes of at least 4 members (excludes halogenated alkanes) is 2. The number of carbonyl (C=O) groups is 2.